The number of nitriles is 1. The van der Waals surface area contributed by atoms with E-state index in [0.29, 0.717) is 0 Å². The molecule has 0 fully saturated rings. The van der Waals surface area contributed by atoms with E-state index in [2.05, 4.69) is 21.4 Å². The Hall–Kier alpha value is -1.67. The molecule has 1 heterocycles. The highest BCUT2D eigenvalue weighted by molar-refractivity contribution is 6.29. The third kappa shape index (κ3) is 3.48. The van der Waals surface area contributed by atoms with E-state index in [1.54, 1.807) is 13.8 Å². The Morgan fingerprint density at radius 2 is 2.31 bits per heavy atom. The first kappa shape index (κ1) is 12.4. The molecule has 0 unspecified atom stereocenters. The van der Waals surface area contributed by atoms with E-state index in [9.17, 15) is 4.79 Å². The molecular weight excluding hydrogens is 228 g/mol. The molecule has 0 aliphatic rings. The lowest BCUT2D eigenvalue weighted by molar-refractivity contribution is 0.0938. The number of hydrogen-bond donors (Lipinski definition) is 1. The second-order valence-corrected chi connectivity index (χ2v) is 4.29. The predicted octanol–water partition coefficient (Wildman–Crippen LogP) is 1.41. The van der Waals surface area contributed by atoms with Gasteiger partial charge in [0.05, 0.1) is 23.9 Å². The molecule has 0 aromatic carbocycles. The lowest BCUT2D eigenvalue weighted by Gasteiger charge is -2.15. The molecule has 0 atom stereocenters. The summed E-state index contributed by atoms with van der Waals surface area (Å²) in [6, 6.07) is 2.08. The van der Waals surface area contributed by atoms with Crippen LogP contribution in [0.15, 0.2) is 12.4 Å². The van der Waals surface area contributed by atoms with E-state index in [-0.39, 0.29) is 17.4 Å². The summed E-state index contributed by atoms with van der Waals surface area (Å²) in [7, 11) is 0. The molecule has 0 bridgehead atoms. The van der Waals surface area contributed by atoms with E-state index in [0.717, 1.165) is 0 Å². The molecule has 0 radical (unpaired) electrons. The molecule has 0 saturated heterocycles. The van der Waals surface area contributed by atoms with Crippen LogP contribution in [-0.2, 0) is 0 Å². The van der Waals surface area contributed by atoms with Gasteiger partial charge in [0, 0.05) is 6.54 Å². The van der Waals surface area contributed by atoms with Gasteiger partial charge in [0.1, 0.15) is 10.8 Å². The molecule has 1 amide bonds. The monoisotopic (exact) mass is 238 g/mol. The first-order chi connectivity index (χ1) is 7.44. The minimum absolute atomic E-state index is 0.140. The number of amides is 1. The highest BCUT2D eigenvalue weighted by Crippen LogP contribution is 2.11. The molecule has 1 aromatic rings. The van der Waals surface area contributed by atoms with Gasteiger partial charge in [0.15, 0.2) is 0 Å². The van der Waals surface area contributed by atoms with Crippen LogP contribution in [0, 0.1) is 16.7 Å². The molecule has 6 heteroatoms. The molecule has 84 valence electrons. The van der Waals surface area contributed by atoms with E-state index in [1.807, 2.05) is 0 Å². The fourth-order valence-corrected chi connectivity index (χ4v) is 1.03. The molecule has 0 saturated carbocycles. The summed E-state index contributed by atoms with van der Waals surface area (Å²) in [4.78, 5) is 19.1. The number of nitrogens with one attached hydrogen (secondary N) is 1. The lowest BCUT2D eigenvalue weighted by atomic mass is 9.96. The molecule has 0 aliphatic carbocycles. The van der Waals surface area contributed by atoms with Crippen LogP contribution in [0.2, 0.25) is 5.15 Å². The van der Waals surface area contributed by atoms with Crippen molar-refractivity contribution in [1.29, 1.82) is 5.26 Å². The Bertz CT molecular complexity index is 439. The summed E-state index contributed by atoms with van der Waals surface area (Å²) in [6.45, 7) is 3.71. The fraction of sp³-hybridized carbons (Fsp3) is 0.400. The number of hydrogen-bond acceptors (Lipinski definition) is 4. The minimum atomic E-state index is -0.609. The van der Waals surface area contributed by atoms with Crippen LogP contribution >= 0.6 is 11.6 Å². The van der Waals surface area contributed by atoms with Crippen LogP contribution in [0.3, 0.4) is 0 Å². The van der Waals surface area contributed by atoms with Crippen molar-refractivity contribution in [3.8, 4) is 6.07 Å². The topological polar surface area (TPSA) is 78.7 Å². The summed E-state index contributed by atoms with van der Waals surface area (Å²) in [6.07, 6.45) is 2.66. The zero-order valence-electron chi connectivity index (χ0n) is 8.99. The van der Waals surface area contributed by atoms with E-state index >= 15 is 0 Å². The van der Waals surface area contributed by atoms with Crippen LogP contribution in [0.1, 0.15) is 24.3 Å². The van der Waals surface area contributed by atoms with E-state index in [4.69, 9.17) is 16.9 Å². The molecule has 0 aliphatic heterocycles. The lowest BCUT2D eigenvalue weighted by Crippen LogP contribution is -2.33. The second kappa shape index (κ2) is 4.90. The van der Waals surface area contributed by atoms with Crippen molar-refractivity contribution in [2.45, 2.75) is 13.8 Å². The van der Waals surface area contributed by atoms with Crippen LogP contribution in [0.25, 0.3) is 0 Å². The molecule has 5 nitrogen and oxygen atoms in total. The van der Waals surface area contributed by atoms with Gasteiger partial charge in [-0.2, -0.15) is 5.26 Å². The number of carbonyl (C=O) groups excluding carboxylic acids is 1. The van der Waals surface area contributed by atoms with Crippen LogP contribution < -0.4 is 5.32 Å². The second-order valence-electron chi connectivity index (χ2n) is 3.91. The van der Waals surface area contributed by atoms with Crippen molar-refractivity contribution in [1.82, 2.24) is 15.3 Å². The third-order valence-electron chi connectivity index (χ3n) is 1.83. The fourth-order valence-electron chi connectivity index (χ4n) is 0.883. The van der Waals surface area contributed by atoms with Gasteiger partial charge in [-0.1, -0.05) is 11.6 Å². The normalized spacial score (nSPS) is 10.6. The van der Waals surface area contributed by atoms with Crippen molar-refractivity contribution in [2.24, 2.45) is 5.41 Å². The molecule has 1 N–H and O–H groups in total. The van der Waals surface area contributed by atoms with Crippen molar-refractivity contribution >= 4 is 17.5 Å². The number of carbonyl (C=O) groups is 1. The highest BCUT2D eigenvalue weighted by atomic mass is 35.5. The maximum atomic E-state index is 11.6. The van der Waals surface area contributed by atoms with Gasteiger partial charge in [-0.15, -0.1) is 0 Å². The Balaban J connectivity index is 2.64. The third-order valence-corrected chi connectivity index (χ3v) is 2.01. The SMILES string of the molecule is CC(C)(C#N)CNC(=O)c1cncc(Cl)n1. The Morgan fingerprint density at radius 3 is 2.88 bits per heavy atom. The molecule has 1 rings (SSSR count). The first-order valence-corrected chi connectivity index (χ1v) is 4.99. The van der Waals surface area contributed by atoms with Crippen molar-refractivity contribution in [2.75, 3.05) is 6.54 Å². The summed E-state index contributed by atoms with van der Waals surface area (Å²) in [5.74, 6) is -0.390. The molecule has 1 aromatic heterocycles. The number of halogens is 1. The van der Waals surface area contributed by atoms with Gasteiger partial charge < -0.3 is 5.32 Å². The Labute approximate surface area is 98.5 Å². The average Bonchev–Trinajstić information content (AvgIpc) is 2.26. The van der Waals surface area contributed by atoms with Gasteiger partial charge in [0.25, 0.3) is 5.91 Å². The highest BCUT2D eigenvalue weighted by Gasteiger charge is 2.18. The standard InChI is InChI=1S/C10H11ClN4O/c1-10(2,5-12)6-14-9(16)7-3-13-4-8(11)15-7/h3-4H,6H2,1-2H3,(H,14,16). The summed E-state index contributed by atoms with van der Waals surface area (Å²) >= 11 is 5.60. The number of rotatable bonds is 3. The quantitative estimate of drug-likeness (QED) is 0.864. The van der Waals surface area contributed by atoms with Crippen LogP contribution in [0.5, 0.6) is 0 Å². The van der Waals surface area contributed by atoms with Gasteiger partial charge >= 0.3 is 0 Å². The average molecular weight is 239 g/mol. The maximum Gasteiger partial charge on any atom is 0.271 e. The van der Waals surface area contributed by atoms with Gasteiger partial charge in [-0.05, 0) is 13.8 Å². The Kier molecular flexibility index (Phi) is 3.80. The van der Waals surface area contributed by atoms with E-state index in [1.165, 1.54) is 12.4 Å². The largest absolute Gasteiger partial charge is 0.349 e. The van der Waals surface area contributed by atoms with Gasteiger partial charge in [-0.3, -0.25) is 9.78 Å². The summed E-state index contributed by atoms with van der Waals surface area (Å²) < 4.78 is 0. The molecular formula is C10H11ClN4O. The van der Waals surface area contributed by atoms with Crippen molar-refractivity contribution in [3.05, 3.63) is 23.2 Å². The predicted molar refractivity (Wildman–Crippen MR) is 58.8 cm³/mol. The summed E-state index contributed by atoms with van der Waals surface area (Å²) in [5, 5.41) is 11.5. The van der Waals surface area contributed by atoms with Crippen LogP contribution in [0.4, 0.5) is 0 Å². The molecule has 16 heavy (non-hydrogen) atoms. The summed E-state index contributed by atoms with van der Waals surface area (Å²) in [5.41, 5.74) is -0.469. The smallest absolute Gasteiger partial charge is 0.271 e. The zero-order chi connectivity index (χ0) is 12.2. The maximum absolute atomic E-state index is 11.6. The zero-order valence-corrected chi connectivity index (χ0v) is 9.75. The van der Waals surface area contributed by atoms with Crippen molar-refractivity contribution < 1.29 is 4.79 Å². The van der Waals surface area contributed by atoms with Crippen LogP contribution in [-0.4, -0.2) is 22.4 Å². The van der Waals surface area contributed by atoms with E-state index < -0.39 is 11.3 Å². The van der Waals surface area contributed by atoms with Gasteiger partial charge in [0.2, 0.25) is 0 Å². The minimum Gasteiger partial charge on any atom is -0.349 e. The first-order valence-electron chi connectivity index (χ1n) is 4.61. The number of nitrogens with zero attached hydrogens (tertiary/aromatic N) is 3. The van der Waals surface area contributed by atoms with Crippen molar-refractivity contribution in [3.63, 3.8) is 0 Å². The van der Waals surface area contributed by atoms with Gasteiger partial charge in [-0.25, -0.2) is 4.98 Å². The number of aromatic nitrogens is 2. The molecule has 0 spiro atoms. The Morgan fingerprint density at radius 1 is 1.62 bits per heavy atom.